The maximum atomic E-state index is 14.7. The van der Waals surface area contributed by atoms with Crippen molar-refractivity contribution in [3.05, 3.63) is 78.5 Å². The van der Waals surface area contributed by atoms with E-state index in [4.69, 9.17) is 11.5 Å². The standard InChI is InChI=1S/C44H58N4O2S3/c1-7-9-11-13-14-16-18-28(17-15-12-10-8-2)27-48-32-26-29-31(25-30(32)40(42(48)50)36-22-24-38(53-36)44(5,6)46)47-41(49)39(29)35-20-19-33(51-35)34-21-23-37(52-34)43(3,4)45/h19-26,28H,7-18,27,45-46H2,1-6H3,(H,47,49). The predicted octanol–water partition coefficient (Wildman–Crippen LogP) is 9.96. The average molecular weight is 771 g/mol. The molecule has 2 amide bonds. The molecule has 0 radical (unpaired) electrons. The lowest BCUT2D eigenvalue weighted by Crippen LogP contribution is -2.34. The Morgan fingerprint density at radius 3 is 1.77 bits per heavy atom. The minimum atomic E-state index is -0.505. The summed E-state index contributed by atoms with van der Waals surface area (Å²) in [6.45, 7) is 13.3. The summed E-state index contributed by atoms with van der Waals surface area (Å²) in [6.07, 6.45) is 14.7. The summed E-state index contributed by atoms with van der Waals surface area (Å²) in [4.78, 5) is 36.8. The van der Waals surface area contributed by atoms with Crippen LogP contribution in [0.2, 0.25) is 0 Å². The van der Waals surface area contributed by atoms with Crippen LogP contribution >= 0.6 is 34.0 Å². The van der Waals surface area contributed by atoms with Gasteiger partial charge in [0.2, 0.25) is 0 Å². The summed E-state index contributed by atoms with van der Waals surface area (Å²) in [7, 11) is 0. The third kappa shape index (κ3) is 8.91. The summed E-state index contributed by atoms with van der Waals surface area (Å²) in [5.41, 5.74) is 15.0. The Morgan fingerprint density at radius 1 is 0.642 bits per heavy atom. The van der Waals surface area contributed by atoms with Crippen LogP contribution < -0.4 is 32.1 Å². The van der Waals surface area contributed by atoms with E-state index in [1.54, 1.807) is 34.0 Å². The number of hydrogen-bond acceptors (Lipinski definition) is 7. The zero-order valence-corrected chi connectivity index (χ0v) is 35.0. The summed E-state index contributed by atoms with van der Waals surface area (Å²) >= 11 is 4.92. The average Bonchev–Trinajstić information content (AvgIpc) is 3.93. The van der Waals surface area contributed by atoms with Gasteiger partial charge in [-0.3, -0.25) is 9.59 Å². The first-order chi connectivity index (χ1) is 25.3. The van der Waals surface area contributed by atoms with E-state index in [1.165, 1.54) is 64.2 Å². The summed E-state index contributed by atoms with van der Waals surface area (Å²) < 4.78 is 0. The van der Waals surface area contributed by atoms with Crippen LogP contribution in [0.15, 0.2) is 48.5 Å². The van der Waals surface area contributed by atoms with Gasteiger partial charge in [-0.25, -0.2) is 0 Å². The molecule has 9 heteroatoms. The summed E-state index contributed by atoms with van der Waals surface area (Å²) in [6, 6.07) is 16.6. The first-order valence-corrected chi connectivity index (χ1v) is 22.2. The molecule has 2 aliphatic rings. The van der Waals surface area contributed by atoms with Crippen molar-refractivity contribution < 1.29 is 9.59 Å². The van der Waals surface area contributed by atoms with Gasteiger partial charge in [-0.1, -0.05) is 78.1 Å². The van der Waals surface area contributed by atoms with Crippen LogP contribution in [0.25, 0.3) is 20.9 Å². The molecule has 5 heterocycles. The highest BCUT2D eigenvalue weighted by Crippen LogP contribution is 2.40. The first-order valence-electron chi connectivity index (χ1n) is 19.7. The van der Waals surface area contributed by atoms with Gasteiger partial charge in [0.1, 0.15) is 0 Å². The van der Waals surface area contributed by atoms with Gasteiger partial charge < -0.3 is 21.7 Å². The molecule has 0 bridgehead atoms. The minimum Gasteiger partial charge on any atom is -0.321 e. The Balaban J connectivity index is 1.40. The number of rotatable bonds is 19. The molecular weight excluding hydrogens is 713 g/mol. The molecule has 53 heavy (non-hydrogen) atoms. The Labute approximate surface area is 328 Å². The van der Waals surface area contributed by atoms with Gasteiger partial charge in [-0.05, 0) is 95.0 Å². The third-order valence-corrected chi connectivity index (χ3v) is 14.8. The molecule has 1 aromatic carbocycles. The number of carbonyl (C=O) groups is 2. The molecule has 284 valence electrons. The Kier molecular flexibility index (Phi) is 12.5. The highest BCUT2D eigenvalue weighted by atomic mass is 32.1. The first kappa shape index (κ1) is 39.6. The molecule has 0 aliphatic carbocycles. The fourth-order valence-corrected chi connectivity index (χ4v) is 10.8. The molecule has 4 aromatic rings. The van der Waals surface area contributed by atoms with Crippen molar-refractivity contribution in [2.24, 2.45) is 17.4 Å². The number of nitrogens with one attached hydrogen (secondary N) is 1. The Morgan fingerprint density at radius 2 is 1.15 bits per heavy atom. The number of nitrogens with two attached hydrogens (primary N) is 2. The maximum absolute atomic E-state index is 14.7. The zero-order valence-electron chi connectivity index (χ0n) is 32.5. The second kappa shape index (κ2) is 16.7. The van der Waals surface area contributed by atoms with E-state index in [0.717, 1.165) is 63.9 Å². The Bertz CT molecular complexity index is 2060. The molecule has 1 unspecified atom stereocenters. The van der Waals surface area contributed by atoms with Gasteiger partial charge in [0.15, 0.2) is 0 Å². The lowest BCUT2D eigenvalue weighted by Gasteiger charge is -2.26. The molecule has 2 aliphatic heterocycles. The van der Waals surface area contributed by atoms with Crippen molar-refractivity contribution in [1.29, 1.82) is 0 Å². The summed E-state index contributed by atoms with van der Waals surface area (Å²) in [5, 5.41) is 4.92. The molecule has 0 fully saturated rings. The van der Waals surface area contributed by atoms with E-state index in [1.807, 2.05) is 44.7 Å². The van der Waals surface area contributed by atoms with Crippen LogP contribution in [-0.4, -0.2) is 18.4 Å². The van der Waals surface area contributed by atoms with Crippen LogP contribution in [0.3, 0.4) is 0 Å². The van der Waals surface area contributed by atoms with Crippen LogP contribution in [0.1, 0.15) is 138 Å². The fraction of sp³-hybridized carbons (Fsp3) is 0.500. The van der Waals surface area contributed by atoms with Gasteiger partial charge in [0.05, 0.1) is 16.8 Å². The number of fused-ring (bicyclic) bond motifs is 2. The molecule has 5 N–H and O–H groups in total. The number of hydrogen-bond donors (Lipinski definition) is 3. The van der Waals surface area contributed by atoms with Crippen molar-refractivity contribution in [3.63, 3.8) is 0 Å². The van der Waals surface area contributed by atoms with Crippen LogP contribution in [0.5, 0.6) is 0 Å². The normalized spacial score (nSPS) is 15.1. The van der Waals surface area contributed by atoms with Crippen LogP contribution in [0.4, 0.5) is 11.4 Å². The van der Waals surface area contributed by atoms with Crippen molar-refractivity contribution in [1.82, 2.24) is 0 Å². The summed E-state index contributed by atoms with van der Waals surface area (Å²) in [5.74, 6) is 0.365. The van der Waals surface area contributed by atoms with Gasteiger partial charge in [-0.15, -0.1) is 34.0 Å². The van der Waals surface area contributed by atoms with Crippen molar-refractivity contribution >= 4 is 68.3 Å². The Hall–Kier alpha value is -3.08. The van der Waals surface area contributed by atoms with E-state index in [2.05, 4.69) is 55.6 Å². The van der Waals surface area contributed by atoms with Crippen molar-refractivity contribution in [2.45, 2.75) is 130 Å². The van der Waals surface area contributed by atoms with Crippen LogP contribution in [-0.2, 0) is 20.7 Å². The van der Waals surface area contributed by atoms with Gasteiger partial charge >= 0.3 is 0 Å². The molecule has 6 nitrogen and oxygen atoms in total. The van der Waals surface area contributed by atoms with Gasteiger partial charge in [-0.2, -0.15) is 0 Å². The van der Waals surface area contributed by atoms with Gasteiger partial charge in [0.25, 0.3) is 11.8 Å². The van der Waals surface area contributed by atoms with Crippen molar-refractivity contribution in [3.8, 4) is 9.75 Å². The fourth-order valence-electron chi connectivity index (χ4n) is 7.55. The van der Waals surface area contributed by atoms with E-state index < -0.39 is 11.1 Å². The molecule has 0 saturated heterocycles. The third-order valence-electron chi connectivity index (χ3n) is 10.6. The minimum absolute atomic E-state index is 0.0519. The number of carbonyl (C=O) groups excluding carboxylic acids is 2. The molecule has 3 aromatic heterocycles. The lowest BCUT2D eigenvalue weighted by molar-refractivity contribution is -0.113. The van der Waals surface area contributed by atoms with E-state index in [0.29, 0.717) is 23.6 Å². The molecule has 6 rings (SSSR count). The second-order valence-corrected chi connectivity index (χ2v) is 19.5. The number of unbranched alkanes of at least 4 members (excludes halogenated alkanes) is 8. The quantitative estimate of drug-likeness (QED) is 0.0827. The van der Waals surface area contributed by atoms with Crippen molar-refractivity contribution in [2.75, 3.05) is 16.8 Å². The number of nitrogens with zero attached hydrogens (tertiary/aromatic N) is 1. The topological polar surface area (TPSA) is 101 Å². The zero-order chi connectivity index (χ0) is 37.9. The number of amides is 2. The van der Waals surface area contributed by atoms with E-state index in [9.17, 15) is 9.59 Å². The number of benzene rings is 1. The number of anilines is 2. The van der Waals surface area contributed by atoms with E-state index in [-0.39, 0.29) is 11.8 Å². The molecule has 0 saturated carbocycles. The highest BCUT2D eigenvalue weighted by Gasteiger charge is 2.35. The lowest BCUT2D eigenvalue weighted by atomic mass is 9.93. The monoisotopic (exact) mass is 770 g/mol. The largest absolute Gasteiger partial charge is 0.321 e. The number of thiophene rings is 3. The maximum Gasteiger partial charge on any atom is 0.260 e. The molecule has 1 atom stereocenters. The predicted molar refractivity (Wildman–Crippen MR) is 228 cm³/mol. The highest BCUT2D eigenvalue weighted by molar-refractivity contribution is 7.23. The smallest absolute Gasteiger partial charge is 0.260 e. The molecular formula is C44H58N4O2S3. The van der Waals surface area contributed by atoms with E-state index >= 15 is 0 Å². The SMILES string of the molecule is CCCCCCCCC(CCCCCC)CN1C(=O)C(c2ccc(C(C)(C)N)s2)=c2cc3c(cc21)=C(c1ccc(-c2ccc(C(C)(C)N)s2)s1)C(=O)N3. The molecule has 0 spiro atoms. The second-order valence-electron chi connectivity index (χ2n) is 16.2. The van der Waals surface area contributed by atoms with Gasteiger partial charge in [0, 0.05) is 63.0 Å². The van der Waals surface area contributed by atoms with Crippen LogP contribution in [0, 0.1) is 5.92 Å².